The summed E-state index contributed by atoms with van der Waals surface area (Å²) < 4.78 is 0. The average molecular weight is 320 g/mol. The molecule has 0 bridgehead atoms. The normalized spacial score (nSPS) is 16.6. The van der Waals surface area contributed by atoms with Crippen LogP contribution in [0.5, 0.6) is 0 Å². The van der Waals surface area contributed by atoms with Crippen LogP contribution in [0.2, 0.25) is 10.0 Å². The third kappa shape index (κ3) is 3.46. The first-order valence-electron chi connectivity index (χ1n) is 6.87. The molecule has 1 aliphatic heterocycles. The number of hydrogen-bond donors (Lipinski definition) is 0. The Balaban J connectivity index is 1.83. The maximum Gasteiger partial charge on any atom is 0.160 e. The lowest BCUT2D eigenvalue weighted by molar-refractivity contribution is -0.131. The zero-order valence-corrected chi connectivity index (χ0v) is 12.9. The van der Waals surface area contributed by atoms with Gasteiger partial charge in [0.1, 0.15) is 0 Å². The van der Waals surface area contributed by atoms with Crippen LogP contribution >= 0.6 is 23.2 Å². The Bertz CT molecular complexity index is 629. The molecule has 0 radical (unpaired) electrons. The minimum absolute atomic E-state index is 0.196. The Morgan fingerprint density at radius 1 is 0.905 bits per heavy atom. The zero-order chi connectivity index (χ0) is 14.8. The van der Waals surface area contributed by atoms with Gasteiger partial charge in [-0.1, -0.05) is 47.5 Å². The molecule has 21 heavy (non-hydrogen) atoms. The van der Waals surface area contributed by atoms with Crippen molar-refractivity contribution in [1.82, 2.24) is 4.90 Å². The molecule has 108 valence electrons. The average Bonchev–Trinajstić information content (AvgIpc) is 2.45. The standard InChI is InChI=1S/C17H15Cl2NO/c18-14-5-1-12(2-6-14)9-17(20-10-16(21)11-20)13-3-7-15(19)8-4-13/h1-8,17H,9-11H2. The number of carbonyl (C=O) groups is 1. The van der Waals surface area contributed by atoms with E-state index in [1.54, 1.807) is 0 Å². The fourth-order valence-electron chi connectivity index (χ4n) is 2.61. The number of Topliss-reactive ketones (excluding diaryl/α,β-unsaturated/α-hetero) is 1. The van der Waals surface area contributed by atoms with Crippen molar-refractivity contribution in [3.05, 3.63) is 69.7 Å². The second-order valence-corrected chi connectivity index (χ2v) is 6.21. The number of rotatable bonds is 4. The van der Waals surface area contributed by atoms with E-state index in [0.717, 1.165) is 16.5 Å². The van der Waals surface area contributed by atoms with Crippen LogP contribution < -0.4 is 0 Å². The van der Waals surface area contributed by atoms with Crippen molar-refractivity contribution < 1.29 is 4.79 Å². The lowest BCUT2D eigenvalue weighted by Gasteiger charge is -2.37. The maximum absolute atomic E-state index is 11.3. The quantitative estimate of drug-likeness (QED) is 0.843. The van der Waals surface area contributed by atoms with Gasteiger partial charge in [-0.2, -0.15) is 0 Å². The second-order valence-electron chi connectivity index (χ2n) is 5.34. The van der Waals surface area contributed by atoms with Gasteiger partial charge in [-0.05, 0) is 41.8 Å². The van der Waals surface area contributed by atoms with Gasteiger partial charge in [0.2, 0.25) is 0 Å². The van der Waals surface area contributed by atoms with Gasteiger partial charge in [-0.15, -0.1) is 0 Å². The van der Waals surface area contributed by atoms with E-state index in [-0.39, 0.29) is 6.04 Å². The van der Waals surface area contributed by atoms with Crippen LogP contribution in [-0.4, -0.2) is 23.8 Å². The van der Waals surface area contributed by atoms with Crippen molar-refractivity contribution in [3.63, 3.8) is 0 Å². The number of ketones is 1. The SMILES string of the molecule is O=C1CN(C(Cc2ccc(Cl)cc2)c2ccc(Cl)cc2)C1. The van der Waals surface area contributed by atoms with Crippen LogP contribution in [0, 0.1) is 0 Å². The van der Waals surface area contributed by atoms with Crippen LogP contribution in [0.15, 0.2) is 48.5 Å². The second kappa shape index (κ2) is 6.18. The van der Waals surface area contributed by atoms with Gasteiger partial charge in [0.25, 0.3) is 0 Å². The zero-order valence-electron chi connectivity index (χ0n) is 11.4. The minimum atomic E-state index is 0.196. The van der Waals surface area contributed by atoms with Gasteiger partial charge in [-0.3, -0.25) is 9.69 Å². The number of hydrogen-bond acceptors (Lipinski definition) is 2. The van der Waals surface area contributed by atoms with E-state index < -0.39 is 0 Å². The van der Waals surface area contributed by atoms with Crippen molar-refractivity contribution in [2.75, 3.05) is 13.1 Å². The Morgan fingerprint density at radius 3 is 1.95 bits per heavy atom. The lowest BCUT2D eigenvalue weighted by Crippen LogP contribution is -2.49. The first-order chi connectivity index (χ1) is 10.1. The molecule has 1 heterocycles. The van der Waals surface area contributed by atoms with Crippen LogP contribution in [0.4, 0.5) is 0 Å². The number of benzene rings is 2. The lowest BCUT2D eigenvalue weighted by atomic mass is 9.94. The third-order valence-corrected chi connectivity index (χ3v) is 4.30. The summed E-state index contributed by atoms with van der Waals surface area (Å²) in [6.07, 6.45) is 0.853. The van der Waals surface area contributed by atoms with Gasteiger partial charge in [-0.25, -0.2) is 0 Å². The Hall–Kier alpha value is -1.35. The van der Waals surface area contributed by atoms with Crippen LogP contribution in [0.3, 0.4) is 0 Å². The summed E-state index contributed by atoms with van der Waals surface area (Å²) >= 11 is 11.9. The highest BCUT2D eigenvalue weighted by Crippen LogP contribution is 2.29. The minimum Gasteiger partial charge on any atom is -0.297 e. The maximum atomic E-state index is 11.3. The van der Waals surface area contributed by atoms with E-state index >= 15 is 0 Å². The Kier molecular flexibility index (Phi) is 4.29. The molecule has 1 unspecified atom stereocenters. The first-order valence-corrected chi connectivity index (χ1v) is 7.63. The summed E-state index contributed by atoms with van der Waals surface area (Å²) in [5.74, 6) is 0.296. The highest BCUT2D eigenvalue weighted by Gasteiger charge is 2.31. The molecule has 0 aliphatic carbocycles. The summed E-state index contributed by atoms with van der Waals surface area (Å²) in [6.45, 7) is 1.06. The van der Waals surface area contributed by atoms with E-state index in [4.69, 9.17) is 23.2 Å². The largest absolute Gasteiger partial charge is 0.297 e. The van der Waals surface area contributed by atoms with Crippen LogP contribution in [-0.2, 0) is 11.2 Å². The highest BCUT2D eigenvalue weighted by molar-refractivity contribution is 6.30. The molecule has 1 aliphatic rings. The molecule has 4 heteroatoms. The Labute approximate surface area is 134 Å². The van der Waals surface area contributed by atoms with Gasteiger partial charge < -0.3 is 0 Å². The molecule has 0 saturated carbocycles. The van der Waals surface area contributed by atoms with Crippen molar-refractivity contribution in [3.8, 4) is 0 Å². The topological polar surface area (TPSA) is 20.3 Å². The first kappa shape index (κ1) is 14.6. The molecule has 2 aromatic carbocycles. The molecule has 2 nitrogen and oxygen atoms in total. The molecule has 1 atom stereocenters. The molecule has 1 saturated heterocycles. The van der Waals surface area contributed by atoms with E-state index in [0.29, 0.717) is 18.9 Å². The van der Waals surface area contributed by atoms with Crippen molar-refractivity contribution in [2.24, 2.45) is 0 Å². The molecular formula is C17H15Cl2NO. The van der Waals surface area contributed by atoms with Gasteiger partial charge >= 0.3 is 0 Å². The number of likely N-dealkylation sites (tertiary alicyclic amines) is 1. The molecule has 3 rings (SSSR count). The summed E-state index contributed by atoms with van der Waals surface area (Å²) in [5.41, 5.74) is 2.39. The Morgan fingerprint density at radius 2 is 1.43 bits per heavy atom. The van der Waals surface area contributed by atoms with Gasteiger partial charge in [0, 0.05) is 16.1 Å². The van der Waals surface area contributed by atoms with Gasteiger partial charge in [0.15, 0.2) is 5.78 Å². The number of carbonyl (C=O) groups excluding carboxylic acids is 1. The highest BCUT2D eigenvalue weighted by atomic mass is 35.5. The summed E-state index contributed by atoms with van der Waals surface area (Å²) in [4.78, 5) is 13.5. The van der Waals surface area contributed by atoms with E-state index in [1.165, 1.54) is 11.1 Å². The summed E-state index contributed by atoms with van der Waals surface area (Å²) in [7, 11) is 0. The molecule has 2 aromatic rings. The van der Waals surface area contributed by atoms with E-state index in [2.05, 4.69) is 4.90 Å². The molecule has 1 fully saturated rings. The van der Waals surface area contributed by atoms with Crippen molar-refractivity contribution in [1.29, 1.82) is 0 Å². The predicted molar refractivity (Wildman–Crippen MR) is 85.9 cm³/mol. The van der Waals surface area contributed by atoms with Gasteiger partial charge in [0.05, 0.1) is 13.1 Å². The molecule has 0 amide bonds. The molecule has 0 N–H and O–H groups in total. The number of halogens is 2. The monoisotopic (exact) mass is 319 g/mol. The molecule has 0 aromatic heterocycles. The van der Waals surface area contributed by atoms with Crippen LogP contribution in [0.1, 0.15) is 17.2 Å². The van der Waals surface area contributed by atoms with E-state index in [9.17, 15) is 4.79 Å². The number of nitrogens with zero attached hydrogens (tertiary/aromatic N) is 1. The van der Waals surface area contributed by atoms with E-state index in [1.807, 2.05) is 48.5 Å². The predicted octanol–water partition coefficient (Wildman–Crippen LogP) is 4.16. The van der Waals surface area contributed by atoms with Crippen LogP contribution in [0.25, 0.3) is 0 Å². The van der Waals surface area contributed by atoms with Crippen molar-refractivity contribution >= 4 is 29.0 Å². The summed E-state index contributed by atoms with van der Waals surface area (Å²) in [6, 6.07) is 15.9. The van der Waals surface area contributed by atoms with Crippen molar-refractivity contribution in [2.45, 2.75) is 12.5 Å². The fraction of sp³-hybridized carbons (Fsp3) is 0.235. The fourth-order valence-corrected chi connectivity index (χ4v) is 2.87. The summed E-state index contributed by atoms with van der Waals surface area (Å²) in [5, 5.41) is 1.46. The smallest absolute Gasteiger partial charge is 0.160 e. The molecular weight excluding hydrogens is 305 g/mol. The molecule has 0 spiro atoms. The third-order valence-electron chi connectivity index (χ3n) is 3.80.